The third-order valence-electron chi connectivity index (χ3n) is 3.47. The van der Waals surface area contributed by atoms with E-state index in [1.807, 2.05) is 0 Å². The Labute approximate surface area is 132 Å². The molecule has 7 nitrogen and oxygen atoms in total. The number of anilines is 1. The summed E-state index contributed by atoms with van der Waals surface area (Å²) < 4.78 is 0. The lowest BCUT2D eigenvalue weighted by Crippen LogP contribution is -2.31. The fourth-order valence-corrected chi connectivity index (χ4v) is 2.30. The second kappa shape index (κ2) is 6.27. The summed E-state index contributed by atoms with van der Waals surface area (Å²) in [4.78, 5) is 40.8. The molecule has 1 aliphatic heterocycles. The molecule has 1 aromatic heterocycles. The molecule has 0 atom stereocenters. The standard InChI is InChI=1S/C16H14N4O3/c21-14-9-18-16(23)20(14)10-11-3-1-2-4-13(11)15(22)19-12-5-7-17-8-6-12/h1-8H,9-10H2,(H,18,23)(H,17,19,22). The fraction of sp³-hybridized carbons (Fsp3) is 0.125. The van der Waals surface area contributed by atoms with Crippen molar-refractivity contribution < 1.29 is 14.4 Å². The van der Waals surface area contributed by atoms with Crippen LogP contribution in [0.1, 0.15) is 15.9 Å². The third kappa shape index (κ3) is 3.18. The molecule has 3 rings (SSSR count). The van der Waals surface area contributed by atoms with E-state index in [0.29, 0.717) is 16.8 Å². The van der Waals surface area contributed by atoms with Crippen LogP contribution in [0.5, 0.6) is 0 Å². The highest BCUT2D eigenvalue weighted by Gasteiger charge is 2.29. The van der Waals surface area contributed by atoms with Gasteiger partial charge in [-0.05, 0) is 23.8 Å². The summed E-state index contributed by atoms with van der Waals surface area (Å²) in [7, 11) is 0. The number of aromatic nitrogens is 1. The van der Waals surface area contributed by atoms with Crippen molar-refractivity contribution >= 4 is 23.5 Å². The maximum Gasteiger partial charge on any atom is 0.324 e. The van der Waals surface area contributed by atoms with Crippen LogP contribution in [0.25, 0.3) is 0 Å². The van der Waals surface area contributed by atoms with E-state index in [0.717, 1.165) is 4.90 Å². The summed E-state index contributed by atoms with van der Waals surface area (Å²) in [5.74, 6) is -0.613. The quantitative estimate of drug-likeness (QED) is 0.835. The number of carbonyl (C=O) groups excluding carboxylic acids is 3. The predicted molar refractivity (Wildman–Crippen MR) is 82.6 cm³/mol. The van der Waals surface area contributed by atoms with E-state index in [9.17, 15) is 14.4 Å². The molecule has 2 aromatic rings. The summed E-state index contributed by atoms with van der Waals surface area (Å²) in [5, 5.41) is 5.22. The second-order valence-corrected chi connectivity index (χ2v) is 4.99. The number of rotatable bonds is 4. The number of hydrogen-bond donors (Lipinski definition) is 2. The molecule has 0 spiro atoms. The molecule has 1 saturated heterocycles. The monoisotopic (exact) mass is 310 g/mol. The van der Waals surface area contributed by atoms with Crippen molar-refractivity contribution in [1.29, 1.82) is 0 Å². The maximum absolute atomic E-state index is 12.4. The van der Waals surface area contributed by atoms with E-state index in [2.05, 4.69) is 15.6 Å². The van der Waals surface area contributed by atoms with Gasteiger partial charge in [-0.3, -0.25) is 19.5 Å². The van der Waals surface area contributed by atoms with Crippen LogP contribution in [0.3, 0.4) is 0 Å². The molecule has 7 heteroatoms. The molecule has 1 aromatic carbocycles. The Hall–Kier alpha value is -3.22. The first-order chi connectivity index (χ1) is 11.1. The molecule has 2 heterocycles. The minimum absolute atomic E-state index is 0.00971. The number of carbonyl (C=O) groups is 3. The Kier molecular flexibility index (Phi) is 4.01. The van der Waals surface area contributed by atoms with Gasteiger partial charge in [0, 0.05) is 23.6 Å². The van der Waals surface area contributed by atoms with Gasteiger partial charge in [-0.15, -0.1) is 0 Å². The van der Waals surface area contributed by atoms with Gasteiger partial charge in [0.1, 0.15) is 0 Å². The normalized spacial score (nSPS) is 13.8. The number of nitrogens with one attached hydrogen (secondary N) is 2. The lowest BCUT2D eigenvalue weighted by atomic mass is 10.1. The van der Waals surface area contributed by atoms with Gasteiger partial charge in [-0.2, -0.15) is 0 Å². The van der Waals surface area contributed by atoms with Crippen LogP contribution in [0, 0.1) is 0 Å². The SMILES string of the molecule is O=C(Nc1ccncc1)c1ccccc1CN1C(=O)CNC1=O. The molecule has 0 aliphatic carbocycles. The van der Waals surface area contributed by atoms with Crippen molar-refractivity contribution in [3.63, 3.8) is 0 Å². The molecule has 4 amide bonds. The minimum Gasteiger partial charge on any atom is -0.329 e. The molecular weight excluding hydrogens is 296 g/mol. The average molecular weight is 310 g/mol. The Morgan fingerprint density at radius 1 is 1.17 bits per heavy atom. The summed E-state index contributed by atoms with van der Waals surface area (Å²) in [5.41, 5.74) is 1.64. The topological polar surface area (TPSA) is 91.4 Å². The van der Waals surface area contributed by atoms with Crippen LogP contribution in [0.2, 0.25) is 0 Å². The van der Waals surface area contributed by atoms with Crippen LogP contribution in [0.4, 0.5) is 10.5 Å². The van der Waals surface area contributed by atoms with Crippen LogP contribution < -0.4 is 10.6 Å². The largest absolute Gasteiger partial charge is 0.329 e. The summed E-state index contributed by atoms with van der Waals surface area (Å²) >= 11 is 0. The summed E-state index contributed by atoms with van der Waals surface area (Å²) in [6.45, 7) is 0.0504. The molecule has 2 N–H and O–H groups in total. The van der Waals surface area contributed by atoms with Crippen molar-refractivity contribution in [1.82, 2.24) is 15.2 Å². The highest BCUT2D eigenvalue weighted by atomic mass is 16.2. The zero-order chi connectivity index (χ0) is 16.2. The van der Waals surface area contributed by atoms with E-state index in [1.54, 1.807) is 48.8 Å². The zero-order valence-electron chi connectivity index (χ0n) is 12.2. The van der Waals surface area contributed by atoms with Crippen LogP contribution in [-0.2, 0) is 11.3 Å². The van der Waals surface area contributed by atoms with E-state index in [4.69, 9.17) is 0 Å². The number of nitrogens with zero attached hydrogens (tertiary/aromatic N) is 2. The van der Waals surface area contributed by atoms with Gasteiger partial charge in [0.05, 0.1) is 13.1 Å². The molecule has 0 unspecified atom stereocenters. The van der Waals surface area contributed by atoms with Crippen molar-refractivity contribution in [3.05, 3.63) is 59.9 Å². The number of amides is 4. The number of urea groups is 1. The second-order valence-electron chi connectivity index (χ2n) is 4.99. The Morgan fingerprint density at radius 3 is 2.61 bits per heavy atom. The highest BCUT2D eigenvalue weighted by molar-refractivity contribution is 6.06. The minimum atomic E-state index is -0.445. The van der Waals surface area contributed by atoms with Gasteiger partial charge >= 0.3 is 6.03 Å². The first-order valence-electron chi connectivity index (χ1n) is 7.02. The third-order valence-corrected chi connectivity index (χ3v) is 3.47. The Morgan fingerprint density at radius 2 is 1.91 bits per heavy atom. The van der Waals surface area contributed by atoms with Crippen LogP contribution >= 0.6 is 0 Å². The maximum atomic E-state index is 12.4. The smallest absolute Gasteiger partial charge is 0.324 e. The van der Waals surface area contributed by atoms with Gasteiger partial charge in [0.15, 0.2) is 0 Å². The average Bonchev–Trinajstić information content (AvgIpc) is 2.88. The Bertz CT molecular complexity index is 745. The Balaban J connectivity index is 1.81. The first kappa shape index (κ1) is 14.7. The van der Waals surface area contributed by atoms with Crippen molar-refractivity contribution in [2.24, 2.45) is 0 Å². The summed E-state index contributed by atoms with van der Waals surface area (Å²) in [6.07, 6.45) is 3.16. The van der Waals surface area contributed by atoms with Gasteiger partial charge in [-0.25, -0.2) is 4.79 Å². The van der Waals surface area contributed by atoms with Crippen molar-refractivity contribution in [2.75, 3.05) is 11.9 Å². The summed E-state index contributed by atoms with van der Waals surface area (Å²) in [6, 6.07) is 9.79. The predicted octanol–water partition coefficient (Wildman–Crippen LogP) is 1.39. The van der Waals surface area contributed by atoms with E-state index >= 15 is 0 Å². The van der Waals surface area contributed by atoms with Crippen molar-refractivity contribution in [2.45, 2.75) is 6.54 Å². The van der Waals surface area contributed by atoms with Crippen LogP contribution in [-0.4, -0.2) is 34.3 Å². The molecular formula is C16H14N4O3. The molecule has 0 bridgehead atoms. The van der Waals surface area contributed by atoms with Gasteiger partial charge < -0.3 is 10.6 Å². The molecule has 0 saturated carbocycles. The number of hydrogen-bond acceptors (Lipinski definition) is 4. The molecule has 1 aliphatic rings. The number of benzene rings is 1. The van der Waals surface area contributed by atoms with Gasteiger partial charge in [-0.1, -0.05) is 18.2 Å². The van der Waals surface area contributed by atoms with E-state index < -0.39 is 6.03 Å². The lowest BCUT2D eigenvalue weighted by Gasteiger charge is -2.15. The van der Waals surface area contributed by atoms with E-state index in [1.165, 1.54) is 0 Å². The van der Waals surface area contributed by atoms with Crippen LogP contribution in [0.15, 0.2) is 48.8 Å². The molecule has 0 radical (unpaired) electrons. The van der Waals surface area contributed by atoms with Gasteiger partial charge in [0.25, 0.3) is 5.91 Å². The lowest BCUT2D eigenvalue weighted by molar-refractivity contribution is -0.125. The number of pyridine rings is 1. The highest BCUT2D eigenvalue weighted by Crippen LogP contribution is 2.16. The number of imide groups is 1. The molecule has 23 heavy (non-hydrogen) atoms. The van der Waals surface area contributed by atoms with Crippen molar-refractivity contribution in [3.8, 4) is 0 Å². The molecule has 116 valence electrons. The van der Waals surface area contributed by atoms with Gasteiger partial charge in [0.2, 0.25) is 5.91 Å². The fourth-order valence-electron chi connectivity index (χ4n) is 2.30. The first-order valence-corrected chi connectivity index (χ1v) is 7.02. The zero-order valence-corrected chi connectivity index (χ0v) is 12.2. The van der Waals surface area contributed by atoms with E-state index in [-0.39, 0.29) is 24.9 Å². The molecule has 1 fully saturated rings.